The smallest absolute Gasteiger partial charge is 0.119 e. The third kappa shape index (κ3) is 2.72. The first-order valence-electron chi connectivity index (χ1n) is 5.73. The number of benzene rings is 1. The number of hydrogen-bond donors (Lipinski definition) is 0. The summed E-state index contributed by atoms with van der Waals surface area (Å²) < 4.78 is 0. The predicted octanol–water partition coefficient (Wildman–Crippen LogP) is 4.03. The summed E-state index contributed by atoms with van der Waals surface area (Å²) in [5, 5.41) is 9.88. The van der Waals surface area contributed by atoms with Crippen LogP contribution in [0.25, 0.3) is 0 Å². The minimum absolute atomic E-state index is 0.630. The summed E-state index contributed by atoms with van der Waals surface area (Å²) in [7, 11) is 0. The van der Waals surface area contributed by atoms with Crippen LogP contribution in [0.1, 0.15) is 22.4 Å². The Morgan fingerprint density at radius 1 is 1.11 bits per heavy atom. The second kappa shape index (κ2) is 5.24. The van der Waals surface area contributed by atoms with Crippen LogP contribution >= 0.6 is 11.8 Å². The average molecular weight is 254 g/mol. The summed E-state index contributed by atoms with van der Waals surface area (Å²) in [5.41, 5.74) is 4.02. The van der Waals surface area contributed by atoms with Crippen molar-refractivity contribution in [2.24, 2.45) is 0 Å². The standard InChI is InChI=1S/C15H14N2S/c1-10-4-7-14(11(2)8-10)18-15-13(9-16)6-5-12(3)17-15/h4-8H,1-3H3. The zero-order valence-corrected chi connectivity index (χ0v) is 11.5. The lowest BCUT2D eigenvalue weighted by Crippen LogP contribution is -1.90. The largest absolute Gasteiger partial charge is 0.245 e. The van der Waals surface area contributed by atoms with Crippen LogP contribution in [0.4, 0.5) is 0 Å². The number of aryl methyl sites for hydroxylation is 3. The Balaban J connectivity index is 2.40. The molecule has 0 fully saturated rings. The zero-order valence-electron chi connectivity index (χ0n) is 10.7. The molecule has 0 aliphatic rings. The summed E-state index contributed by atoms with van der Waals surface area (Å²) in [6.07, 6.45) is 0. The van der Waals surface area contributed by atoms with Crippen molar-refractivity contribution >= 4 is 11.8 Å². The highest BCUT2D eigenvalue weighted by atomic mass is 32.2. The van der Waals surface area contributed by atoms with Gasteiger partial charge in [0.1, 0.15) is 11.1 Å². The van der Waals surface area contributed by atoms with E-state index in [0.29, 0.717) is 5.56 Å². The maximum atomic E-state index is 9.10. The molecule has 2 nitrogen and oxygen atoms in total. The lowest BCUT2D eigenvalue weighted by molar-refractivity contribution is 1.05. The second-order valence-corrected chi connectivity index (χ2v) is 5.32. The molecule has 3 heteroatoms. The molecule has 1 aromatic carbocycles. The number of nitriles is 1. The molecule has 0 aliphatic carbocycles. The first-order chi connectivity index (χ1) is 8.60. The Bertz CT molecular complexity index is 627. The first-order valence-corrected chi connectivity index (χ1v) is 6.54. The third-order valence-corrected chi connectivity index (χ3v) is 3.84. The van der Waals surface area contributed by atoms with E-state index in [9.17, 15) is 0 Å². The molecule has 0 amide bonds. The highest BCUT2D eigenvalue weighted by molar-refractivity contribution is 7.99. The number of hydrogen-bond acceptors (Lipinski definition) is 3. The van der Waals surface area contributed by atoms with Crippen LogP contribution in [0.3, 0.4) is 0 Å². The van der Waals surface area contributed by atoms with Crippen LogP contribution in [0.15, 0.2) is 40.3 Å². The molecule has 0 bridgehead atoms. The Labute approximate surface area is 112 Å². The fraction of sp³-hybridized carbons (Fsp3) is 0.200. The van der Waals surface area contributed by atoms with Gasteiger partial charge in [0.25, 0.3) is 0 Å². The van der Waals surface area contributed by atoms with Crippen LogP contribution < -0.4 is 0 Å². The Kier molecular flexibility index (Phi) is 3.69. The van der Waals surface area contributed by atoms with E-state index in [-0.39, 0.29) is 0 Å². The van der Waals surface area contributed by atoms with Crippen molar-refractivity contribution < 1.29 is 0 Å². The van der Waals surface area contributed by atoms with Crippen molar-refractivity contribution in [1.82, 2.24) is 4.98 Å². The monoisotopic (exact) mass is 254 g/mol. The number of nitrogens with zero attached hydrogens (tertiary/aromatic N) is 2. The lowest BCUT2D eigenvalue weighted by atomic mass is 10.2. The van der Waals surface area contributed by atoms with E-state index >= 15 is 0 Å². The minimum atomic E-state index is 0.630. The second-order valence-electron chi connectivity index (χ2n) is 4.29. The van der Waals surface area contributed by atoms with Crippen molar-refractivity contribution in [2.75, 3.05) is 0 Å². The Morgan fingerprint density at radius 2 is 1.89 bits per heavy atom. The topological polar surface area (TPSA) is 36.7 Å². The highest BCUT2D eigenvalue weighted by Gasteiger charge is 2.08. The number of pyridine rings is 1. The normalized spacial score (nSPS) is 10.1. The van der Waals surface area contributed by atoms with Gasteiger partial charge in [-0.3, -0.25) is 0 Å². The minimum Gasteiger partial charge on any atom is -0.245 e. The van der Waals surface area contributed by atoms with Gasteiger partial charge in [0.2, 0.25) is 0 Å². The molecule has 0 saturated heterocycles. The zero-order chi connectivity index (χ0) is 13.1. The molecule has 1 aromatic heterocycles. The van der Waals surface area contributed by atoms with Crippen LogP contribution in [0, 0.1) is 32.1 Å². The summed E-state index contributed by atoms with van der Waals surface area (Å²) in [6.45, 7) is 6.09. The van der Waals surface area contributed by atoms with Gasteiger partial charge in [0, 0.05) is 10.6 Å². The molecule has 0 spiro atoms. The van der Waals surface area contributed by atoms with E-state index in [2.05, 4.69) is 43.1 Å². The van der Waals surface area contributed by atoms with Gasteiger partial charge in [-0.25, -0.2) is 4.98 Å². The van der Waals surface area contributed by atoms with E-state index in [1.165, 1.54) is 11.1 Å². The fourth-order valence-corrected chi connectivity index (χ4v) is 2.69. The molecule has 2 rings (SSSR count). The van der Waals surface area contributed by atoms with Crippen molar-refractivity contribution in [2.45, 2.75) is 30.7 Å². The van der Waals surface area contributed by atoms with E-state index < -0.39 is 0 Å². The van der Waals surface area contributed by atoms with Gasteiger partial charge in [0.15, 0.2) is 0 Å². The van der Waals surface area contributed by atoms with Crippen LogP contribution in [-0.4, -0.2) is 4.98 Å². The Morgan fingerprint density at radius 3 is 2.56 bits per heavy atom. The fourth-order valence-electron chi connectivity index (χ4n) is 1.71. The first kappa shape index (κ1) is 12.7. The van der Waals surface area contributed by atoms with Gasteiger partial charge in [0.05, 0.1) is 5.56 Å². The molecule has 0 N–H and O–H groups in total. The Hall–Kier alpha value is -1.79. The van der Waals surface area contributed by atoms with E-state index in [1.807, 2.05) is 19.1 Å². The van der Waals surface area contributed by atoms with Crippen LogP contribution in [-0.2, 0) is 0 Å². The third-order valence-electron chi connectivity index (χ3n) is 2.66. The van der Waals surface area contributed by atoms with E-state index in [0.717, 1.165) is 15.6 Å². The summed E-state index contributed by atoms with van der Waals surface area (Å²) in [4.78, 5) is 5.59. The van der Waals surface area contributed by atoms with Gasteiger partial charge >= 0.3 is 0 Å². The molecule has 0 atom stereocenters. The molecule has 18 heavy (non-hydrogen) atoms. The van der Waals surface area contributed by atoms with Crippen molar-refractivity contribution in [3.8, 4) is 6.07 Å². The molecule has 0 unspecified atom stereocenters. The molecular weight excluding hydrogens is 240 g/mol. The van der Waals surface area contributed by atoms with Gasteiger partial charge in [-0.05, 0) is 44.5 Å². The summed E-state index contributed by atoms with van der Waals surface area (Å²) in [5.74, 6) is 0. The molecule has 0 aliphatic heterocycles. The molecule has 0 radical (unpaired) electrons. The SMILES string of the molecule is Cc1ccc(Sc2nc(C)ccc2C#N)c(C)c1. The van der Waals surface area contributed by atoms with Gasteiger partial charge in [-0.2, -0.15) is 5.26 Å². The molecule has 90 valence electrons. The average Bonchev–Trinajstić information content (AvgIpc) is 2.33. The molecule has 0 saturated carbocycles. The van der Waals surface area contributed by atoms with Crippen LogP contribution in [0.2, 0.25) is 0 Å². The highest BCUT2D eigenvalue weighted by Crippen LogP contribution is 2.31. The van der Waals surface area contributed by atoms with Crippen molar-refractivity contribution in [3.05, 3.63) is 52.7 Å². The number of rotatable bonds is 2. The maximum Gasteiger partial charge on any atom is 0.119 e. The predicted molar refractivity (Wildman–Crippen MR) is 73.7 cm³/mol. The quantitative estimate of drug-likeness (QED) is 0.812. The van der Waals surface area contributed by atoms with Crippen LogP contribution in [0.5, 0.6) is 0 Å². The van der Waals surface area contributed by atoms with E-state index in [1.54, 1.807) is 11.8 Å². The van der Waals surface area contributed by atoms with E-state index in [4.69, 9.17) is 5.26 Å². The number of aromatic nitrogens is 1. The molecule has 1 heterocycles. The van der Waals surface area contributed by atoms with Gasteiger partial charge in [-0.15, -0.1) is 0 Å². The van der Waals surface area contributed by atoms with Crippen molar-refractivity contribution in [1.29, 1.82) is 5.26 Å². The van der Waals surface area contributed by atoms with Gasteiger partial charge < -0.3 is 0 Å². The molecule has 2 aromatic rings. The maximum absolute atomic E-state index is 9.10. The van der Waals surface area contributed by atoms with Gasteiger partial charge in [-0.1, -0.05) is 29.5 Å². The summed E-state index contributed by atoms with van der Waals surface area (Å²) in [6, 6.07) is 12.2. The molecular formula is C15H14N2S. The van der Waals surface area contributed by atoms with Crippen molar-refractivity contribution in [3.63, 3.8) is 0 Å². The summed E-state index contributed by atoms with van der Waals surface area (Å²) >= 11 is 1.55. The lowest BCUT2D eigenvalue weighted by Gasteiger charge is -2.07.